The number of carbonyl (C=O) groups is 1. The standard InChI is InChI=1S/C12H19N3O/c1-10(16)15-8-4-7-12(15,9-13)14-11-5-2-3-6-11/h11,14H,2-8H2,1H3/t12-/m0/s1. The summed E-state index contributed by atoms with van der Waals surface area (Å²) in [6.45, 7) is 2.26. The highest BCUT2D eigenvalue weighted by atomic mass is 16.2. The SMILES string of the molecule is CC(=O)N1CCC[C@]1(C#N)NC1CCCC1. The number of nitrogens with zero attached hydrogens (tertiary/aromatic N) is 2. The van der Waals surface area contributed by atoms with Crippen molar-refractivity contribution < 1.29 is 4.79 Å². The maximum Gasteiger partial charge on any atom is 0.221 e. The minimum Gasteiger partial charge on any atom is -0.312 e. The van der Waals surface area contributed by atoms with Crippen molar-refractivity contribution in [3.63, 3.8) is 0 Å². The Morgan fingerprint density at radius 1 is 1.44 bits per heavy atom. The smallest absolute Gasteiger partial charge is 0.221 e. The zero-order chi connectivity index (χ0) is 11.6. The molecule has 0 aromatic rings. The van der Waals surface area contributed by atoms with Crippen molar-refractivity contribution in [2.45, 2.75) is 57.2 Å². The number of nitrogens with one attached hydrogen (secondary N) is 1. The number of likely N-dealkylation sites (tertiary alicyclic amines) is 1. The van der Waals surface area contributed by atoms with Crippen LogP contribution in [0.25, 0.3) is 0 Å². The summed E-state index contributed by atoms with van der Waals surface area (Å²) in [6, 6.07) is 2.75. The number of carbonyl (C=O) groups excluding carboxylic acids is 1. The third kappa shape index (κ3) is 1.92. The van der Waals surface area contributed by atoms with E-state index < -0.39 is 5.66 Å². The van der Waals surface area contributed by atoms with Crippen LogP contribution in [-0.4, -0.2) is 29.1 Å². The molecule has 2 fully saturated rings. The van der Waals surface area contributed by atoms with Crippen molar-refractivity contribution in [1.29, 1.82) is 5.26 Å². The molecule has 1 aliphatic heterocycles. The van der Waals surface area contributed by atoms with E-state index in [2.05, 4.69) is 11.4 Å². The largest absolute Gasteiger partial charge is 0.312 e. The van der Waals surface area contributed by atoms with Gasteiger partial charge in [0.1, 0.15) is 6.07 Å². The van der Waals surface area contributed by atoms with Crippen molar-refractivity contribution in [3.8, 4) is 6.07 Å². The lowest BCUT2D eigenvalue weighted by molar-refractivity contribution is -0.132. The number of hydrogen-bond acceptors (Lipinski definition) is 3. The van der Waals surface area contributed by atoms with Crippen molar-refractivity contribution in [1.82, 2.24) is 10.2 Å². The van der Waals surface area contributed by atoms with Crippen LogP contribution in [0.4, 0.5) is 0 Å². The first-order chi connectivity index (χ1) is 7.68. The number of hydrogen-bond donors (Lipinski definition) is 1. The van der Waals surface area contributed by atoms with E-state index in [0.717, 1.165) is 25.7 Å². The summed E-state index contributed by atoms with van der Waals surface area (Å²) in [5, 5.41) is 12.8. The molecule has 1 atom stereocenters. The third-order valence-electron chi connectivity index (χ3n) is 3.74. The predicted octanol–water partition coefficient (Wildman–Crippen LogP) is 1.38. The molecular formula is C12H19N3O. The predicted molar refractivity (Wildman–Crippen MR) is 60.4 cm³/mol. The molecule has 0 bridgehead atoms. The molecule has 2 aliphatic rings. The Balaban J connectivity index is 2.11. The Labute approximate surface area is 96.6 Å². The van der Waals surface area contributed by atoms with Crippen molar-refractivity contribution in [2.75, 3.05) is 6.54 Å². The number of nitriles is 1. The molecule has 1 saturated heterocycles. The van der Waals surface area contributed by atoms with Crippen LogP contribution in [0.1, 0.15) is 45.4 Å². The third-order valence-corrected chi connectivity index (χ3v) is 3.74. The summed E-state index contributed by atoms with van der Waals surface area (Å²) in [4.78, 5) is 13.2. The lowest BCUT2D eigenvalue weighted by atomic mass is 10.1. The molecule has 1 aliphatic carbocycles. The van der Waals surface area contributed by atoms with Gasteiger partial charge in [-0.1, -0.05) is 12.8 Å². The number of rotatable bonds is 2. The lowest BCUT2D eigenvalue weighted by Crippen LogP contribution is -2.58. The Bertz CT molecular complexity index is 317. The molecule has 0 radical (unpaired) electrons. The quantitative estimate of drug-likeness (QED) is 0.766. The van der Waals surface area contributed by atoms with Crippen molar-refractivity contribution >= 4 is 5.91 Å². The summed E-state index contributed by atoms with van der Waals surface area (Å²) in [5.74, 6) is 0.00421. The first kappa shape index (κ1) is 11.4. The fourth-order valence-corrected chi connectivity index (χ4v) is 2.95. The molecule has 4 heteroatoms. The fourth-order valence-electron chi connectivity index (χ4n) is 2.95. The molecule has 1 N–H and O–H groups in total. The highest BCUT2D eigenvalue weighted by Crippen LogP contribution is 2.29. The number of amides is 1. The van der Waals surface area contributed by atoms with Crippen LogP contribution >= 0.6 is 0 Å². The second-order valence-electron chi connectivity index (χ2n) is 4.87. The summed E-state index contributed by atoms with van der Waals surface area (Å²) in [5.41, 5.74) is -0.721. The Morgan fingerprint density at radius 2 is 2.12 bits per heavy atom. The molecule has 88 valence electrons. The summed E-state index contributed by atoms with van der Waals surface area (Å²) < 4.78 is 0. The van der Waals surface area contributed by atoms with Crippen LogP contribution in [0.5, 0.6) is 0 Å². The Morgan fingerprint density at radius 3 is 2.69 bits per heavy atom. The summed E-state index contributed by atoms with van der Waals surface area (Å²) in [6.07, 6.45) is 6.43. The van der Waals surface area contributed by atoms with Crippen LogP contribution in [0.3, 0.4) is 0 Å². The van der Waals surface area contributed by atoms with Gasteiger partial charge in [0.15, 0.2) is 5.66 Å². The minimum absolute atomic E-state index is 0.00421. The maximum absolute atomic E-state index is 11.5. The van der Waals surface area contributed by atoms with Gasteiger partial charge in [0.05, 0.1) is 0 Å². The van der Waals surface area contributed by atoms with E-state index in [1.807, 2.05) is 0 Å². The average Bonchev–Trinajstić information content (AvgIpc) is 2.88. The van der Waals surface area contributed by atoms with E-state index in [-0.39, 0.29) is 5.91 Å². The van der Waals surface area contributed by atoms with Gasteiger partial charge in [-0.15, -0.1) is 0 Å². The van der Waals surface area contributed by atoms with Gasteiger partial charge >= 0.3 is 0 Å². The van der Waals surface area contributed by atoms with Gasteiger partial charge < -0.3 is 4.90 Å². The monoisotopic (exact) mass is 221 g/mol. The summed E-state index contributed by atoms with van der Waals surface area (Å²) in [7, 11) is 0. The van der Waals surface area contributed by atoms with Gasteiger partial charge in [0, 0.05) is 19.5 Å². The van der Waals surface area contributed by atoms with Gasteiger partial charge in [0.2, 0.25) is 5.91 Å². The van der Waals surface area contributed by atoms with E-state index in [1.165, 1.54) is 12.8 Å². The molecular weight excluding hydrogens is 202 g/mol. The molecule has 16 heavy (non-hydrogen) atoms. The second-order valence-corrected chi connectivity index (χ2v) is 4.87. The average molecular weight is 221 g/mol. The molecule has 1 amide bonds. The van der Waals surface area contributed by atoms with Crippen molar-refractivity contribution in [2.24, 2.45) is 0 Å². The Hall–Kier alpha value is -1.08. The highest BCUT2D eigenvalue weighted by molar-refractivity contribution is 5.75. The first-order valence-electron chi connectivity index (χ1n) is 6.15. The van der Waals surface area contributed by atoms with Crippen LogP contribution in [0, 0.1) is 11.3 Å². The van der Waals surface area contributed by atoms with Gasteiger partial charge in [-0.25, -0.2) is 0 Å². The van der Waals surface area contributed by atoms with Crippen LogP contribution < -0.4 is 5.32 Å². The van der Waals surface area contributed by atoms with E-state index in [4.69, 9.17) is 0 Å². The minimum atomic E-state index is -0.721. The molecule has 1 heterocycles. The normalized spacial score (nSPS) is 30.6. The van der Waals surface area contributed by atoms with Gasteiger partial charge in [-0.2, -0.15) is 5.26 Å². The second kappa shape index (κ2) is 4.42. The molecule has 0 unspecified atom stereocenters. The Kier molecular flexibility index (Phi) is 3.15. The van der Waals surface area contributed by atoms with Crippen LogP contribution in [-0.2, 0) is 4.79 Å². The zero-order valence-corrected chi connectivity index (χ0v) is 9.83. The van der Waals surface area contributed by atoms with Gasteiger partial charge in [-0.05, 0) is 25.7 Å². The first-order valence-corrected chi connectivity index (χ1v) is 6.15. The van der Waals surface area contributed by atoms with Gasteiger partial charge in [-0.3, -0.25) is 10.1 Å². The van der Waals surface area contributed by atoms with Crippen molar-refractivity contribution in [3.05, 3.63) is 0 Å². The molecule has 4 nitrogen and oxygen atoms in total. The van der Waals surface area contributed by atoms with Gasteiger partial charge in [0.25, 0.3) is 0 Å². The van der Waals surface area contributed by atoms with E-state index in [0.29, 0.717) is 12.6 Å². The lowest BCUT2D eigenvalue weighted by Gasteiger charge is -2.35. The molecule has 0 spiro atoms. The van der Waals surface area contributed by atoms with Crippen LogP contribution in [0.15, 0.2) is 0 Å². The topological polar surface area (TPSA) is 56.1 Å². The molecule has 1 saturated carbocycles. The van der Waals surface area contributed by atoms with Crippen LogP contribution in [0.2, 0.25) is 0 Å². The fraction of sp³-hybridized carbons (Fsp3) is 0.833. The zero-order valence-electron chi connectivity index (χ0n) is 9.83. The highest BCUT2D eigenvalue weighted by Gasteiger charge is 2.44. The van der Waals surface area contributed by atoms with E-state index in [1.54, 1.807) is 11.8 Å². The molecule has 2 rings (SSSR count). The van der Waals surface area contributed by atoms with E-state index >= 15 is 0 Å². The molecule has 0 aromatic heterocycles. The summed E-state index contributed by atoms with van der Waals surface area (Å²) >= 11 is 0. The molecule has 0 aromatic carbocycles. The maximum atomic E-state index is 11.5. The van der Waals surface area contributed by atoms with E-state index in [9.17, 15) is 10.1 Å².